The molecule has 0 saturated carbocycles. The van der Waals surface area contributed by atoms with Crippen molar-refractivity contribution in [1.29, 1.82) is 0 Å². The predicted molar refractivity (Wildman–Crippen MR) is 61.3 cm³/mol. The van der Waals surface area contributed by atoms with E-state index in [1.807, 2.05) is 44.2 Å². The second-order valence-corrected chi connectivity index (χ2v) is 3.71. The molecule has 3 heteroatoms. The molecule has 0 saturated heterocycles. The van der Waals surface area contributed by atoms with Gasteiger partial charge in [-0.3, -0.25) is 4.79 Å². The Labute approximate surface area is 90.7 Å². The van der Waals surface area contributed by atoms with E-state index in [1.54, 1.807) is 0 Å². The number of benzene rings is 1. The SMILES string of the molecule is CCC(C)NC(=O)C(N)c1ccccc1. The number of carbonyl (C=O) groups excluding carboxylic acids is 1. The first-order chi connectivity index (χ1) is 7.15. The third kappa shape index (κ3) is 3.36. The number of hydrogen-bond donors (Lipinski definition) is 2. The van der Waals surface area contributed by atoms with Gasteiger partial charge in [-0.25, -0.2) is 0 Å². The minimum atomic E-state index is -0.569. The Morgan fingerprint density at radius 3 is 2.53 bits per heavy atom. The summed E-state index contributed by atoms with van der Waals surface area (Å²) < 4.78 is 0. The minimum Gasteiger partial charge on any atom is -0.352 e. The molecule has 0 bridgehead atoms. The van der Waals surface area contributed by atoms with Crippen LogP contribution in [0.5, 0.6) is 0 Å². The van der Waals surface area contributed by atoms with Gasteiger partial charge in [0.05, 0.1) is 0 Å². The first kappa shape index (κ1) is 11.7. The van der Waals surface area contributed by atoms with E-state index in [0.717, 1.165) is 12.0 Å². The van der Waals surface area contributed by atoms with Crippen LogP contribution in [0.15, 0.2) is 30.3 Å². The van der Waals surface area contributed by atoms with Crippen molar-refractivity contribution in [3.63, 3.8) is 0 Å². The van der Waals surface area contributed by atoms with Gasteiger partial charge in [0.1, 0.15) is 6.04 Å². The van der Waals surface area contributed by atoms with E-state index < -0.39 is 6.04 Å². The fourth-order valence-electron chi connectivity index (χ4n) is 1.25. The van der Waals surface area contributed by atoms with E-state index in [9.17, 15) is 4.79 Å². The van der Waals surface area contributed by atoms with E-state index in [4.69, 9.17) is 5.73 Å². The smallest absolute Gasteiger partial charge is 0.241 e. The van der Waals surface area contributed by atoms with Crippen LogP contribution in [0.3, 0.4) is 0 Å². The minimum absolute atomic E-state index is 0.115. The molecule has 1 rings (SSSR count). The fourth-order valence-corrected chi connectivity index (χ4v) is 1.25. The Kier molecular flexibility index (Phi) is 4.31. The summed E-state index contributed by atoms with van der Waals surface area (Å²) in [7, 11) is 0. The van der Waals surface area contributed by atoms with Crippen molar-refractivity contribution in [2.45, 2.75) is 32.4 Å². The molecule has 0 aromatic heterocycles. The summed E-state index contributed by atoms with van der Waals surface area (Å²) in [6.07, 6.45) is 0.910. The van der Waals surface area contributed by atoms with Crippen LogP contribution >= 0.6 is 0 Å². The summed E-state index contributed by atoms with van der Waals surface area (Å²) in [5, 5.41) is 2.86. The van der Waals surface area contributed by atoms with Gasteiger partial charge in [-0.1, -0.05) is 37.3 Å². The molecule has 1 amide bonds. The predicted octanol–water partition coefficient (Wildman–Crippen LogP) is 1.60. The molecule has 0 aliphatic rings. The van der Waals surface area contributed by atoms with Crippen molar-refractivity contribution in [3.8, 4) is 0 Å². The first-order valence-electron chi connectivity index (χ1n) is 5.26. The highest BCUT2D eigenvalue weighted by atomic mass is 16.2. The quantitative estimate of drug-likeness (QED) is 0.786. The zero-order valence-corrected chi connectivity index (χ0v) is 9.23. The topological polar surface area (TPSA) is 55.1 Å². The molecule has 0 aliphatic carbocycles. The summed E-state index contributed by atoms with van der Waals surface area (Å²) >= 11 is 0. The number of amides is 1. The van der Waals surface area contributed by atoms with Crippen molar-refractivity contribution >= 4 is 5.91 Å². The van der Waals surface area contributed by atoms with Crippen LogP contribution in [0.25, 0.3) is 0 Å². The van der Waals surface area contributed by atoms with Gasteiger partial charge in [0.15, 0.2) is 0 Å². The molecule has 1 aromatic rings. The highest BCUT2D eigenvalue weighted by molar-refractivity contribution is 5.83. The highest BCUT2D eigenvalue weighted by Crippen LogP contribution is 2.09. The molecule has 3 N–H and O–H groups in total. The van der Waals surface area contributed by atoms with Gasteiger partial charge in [0, 0.05) is 6.04 Å². The maximum absolute atomic E-state index is 11.7. The first-order valence-corrected chi connectivity index (χ1v) is 5.26. The van der Waals surface area contributed by atoms with E-state index in [0.29, 0.717) is 0 Å². The summed E-state index contributed by atoms with van der Waals surface area (Å²) in [6, 6.07) is 8.99. The molecule has 0 spiro atoms. The summed E-state index contributed by atoms with van der Waals surface area (Å²) in [4.78, 5) is 11.7. The summed E-state index contributed by atoms with van der Waals surface area (Å²) in [6.45, 7) is 3.99. The number of rotatable bonds is 4. The van der Waals surface area contributed by atoms with Crippen molar-refractivity contribution in [1.82, 2.24) is 5.32 Å². The monoisotopic (exact) mass is 206 g/mol. The van der Waals surface area contributed by atoms with Crippen LogP contribution in [-0.2, 0) is 4.79 Å². The van der Waals surface area contributed by atoms with Crippen LogP contribution in [0.2, 0.25) is 0 Å². The lowest BCUT2D eigenvalue weighted by Gasteiger charge is -2.16. The van der Waals surface area contributed by atoms with Crippen LogP contribution in [-0.4, -0.2) is 11.9 Å². The second kappa shape index (κ2) is 5.51. The fraction of sp³-hybridized carbons (Fsp3) is 0.417. The normalized spacial score (nSPS) is 14.3. The van der Waals surface area contributed by atoms with E-state index in [1.165, 1.54) is 0 Å². The van der Waals surface area contributed by atoms with Crippen molar-refractivity contribution in [2.75, 3.05) is 0 Å². The molecule has 2 unspecified atom stereocenters. The van der Waals surface area contributed by atoms with Gasteiger partial charge >= 0.3 is 0 Å². The molecular weight excluding hydrogens is 188 g/mol. The van der Waals surface area contributed by atoms with Crippen molar-refractivity contribution in [3.05, 3.63) is 35.9 Å². The van der Waals surface area contributed by atoms with Crippen molar-refractivity contribution in [2.24, 2.45) is 5.73 Å². The lowest BCUT2D eigenvalue weighted by atomic mass is 10.1. The zero-order valence-electron chi connectivity index (χ0n) is 9.23. The van der Waals surface area contributed by atoms with Gasteiger partial charge in [0.2, 0.25) is 5.91 Å². The number of nitrogens with one attached hydrogen (secondary N) is 1. The standard InChI is InChI=1S/C12H18N2O/c1-3-9(2)14-12(15)11(13)10-7-5-4-6-8-10/h4-9,11H,3,13H2,1-2H3,(H,14,15). The lowest BCUT2D eigenvalue weighted by molar-refractivity contribution is -0.123. The molecule has 0 aliphatic heterocycles. The zero-order chi connectivity index (χ0) is 11.3. The number of nitrogens with two attached hydrogens (primary N) is 1. The molecule has 0 fully saturated rings. The van der Waals surface area contributed by atoms with Crippen LogP contribution in [0.4, 0.5) is 0 Å². The van der Waals surface area contributed by atoms with Crippen LogP contribution in [0.1, 0.15) is 31.9 Å². The molecule has 15 heavy (non-hydrogen) atoms. The molecular formula is C12H18N2O. The Bertz CT molecular complexity index is 311. The average molecular weight is 206 g/mol. The highest BCUT2D eigenvalue weighted by Gasteiger charge is 2.16. The molecule has 0 heterocycles. The van der Waals surface area contributed by atoms with Gasteiger partial charge in [-0.15, -0.1) is 0 Å². The lowest BCUT2D eigenvalue weighted by Crippen LogP contribution is -2.39. The van der Waals surface area contributed by atoms with Gasteiger partial charge in [0.25, 0.3) is 0 Å². The van der Waals surface area contributed by atoms with Gasteiger partial charge in [-0.2, -0.15) is 0 Å². The number of carbonyl (C=O) groups is 1. The Morgan fingerprint density at radius 2 is 2.00 bits per heavy atom. The number of hydrogen-bond acceptors (Lipinski definition) is 2. The maximum Gasteiger partial charge on any atom is 0.241 e. The Hall–Kier alpha value is -1.35. The summed E-state index contributed by atoms with van der Waals surface area (Å²) in [5.41, 5.74) is 6.68. The van der Waals surface area contributed by atoms with Crippen LogP contribution < -0.4 is 11.1 Å². The maximum atomic E-state index is 11.7. The average Bonchev–Trinajstić information content (AvgIpc) is 2.29. The third-order valence-electron chi connectivity index (χ3n) is 2.44. The van der Waals surface area contributed by atoms with Gasteiger partial charge in [-0.05, 0) is 18.9 Å². The Morgan fingerprint density at radius 1 is 1.40 bits per heavy atom. The third-order valence-corrected chi connectivity index (χ3v) is 2.44. The Balaban J connectivity index is 2.61. The van der Waals surface area contributed by atoms with Crippen molar-refractivity contribution < 1.29 is 4.79 Å². The van der Waals surface area contributed by atoms with E-state index in [2.05, 4.69) is 5.32 Å². The van der Waals surface area contributed by atoms with Crippen LogP contribution in [0, 0.1) is 0 Å². The molecule has 82 valence electrons. The van der Waals surface area contributed by atoms with Gasteiger partial charge < -0.3 is 11.1 Å². The molecule has 2 atom stereocenters. The van der Waals surface area contributed by atoms with E-state index in [-0.39, 0.29) is 11.9 Å². The van der Waals surface area contributed by atoms with E-state index >= 15 is 0 Å². The molecule has 0 radical (unpaired) electrons. The summed E-state index contributed by atoms with van der Waals surface area (Å²) in [5.74, 6) is -0.115. The molecule has 1 aromatic carbocycles. The second-order valence-electron chi connectivity index (χ2n) is 3.71. The largest absolute Gasteiger partial charge is 0.352 e. The molecule has 3 nitrogen and oxygen atoms in total.